The van der Waals surface area contributed by atoms with Crippen molar-refractivity contribution in [2.24, 2.45) is 5.92 Å². The lowest BCUT2D eigenvalue weighted by Crippen LogP contribution is -2.53. The molecule has 1 atom stereocenters. The van der Waals surface area contributed by atoms with Crippen LogP contribution in [0.25, 0.3) is 0 Å². The van der Waals surface area contributed by atoms with Gasteiger partial charge in [0.25, 0.3) is 0 Å². The monoisotopic (exact) mass is 479 g/mol. The number of likely N-dealkylation sites (tertiary alicyclic amines) is 1. The van der Waals surface area contributed by atoms with Gasteiger partial charge in [-0.1, -0.05) is 0 Å². The number of amides is 2. The largest absolute Gasteiger partial charge is 0.497 e. The number of benzene rings is 1. The number of methoxy groups -OCH3 is 1. The summed E-state index contributed by atoms with van der Waals surface area (Å²) < 4.78 is 10.9. The molecular weight excluding hydrogens is 446 g/mol. The van der Waals surface area contributed by atoms with Crippen LogP contribution in [0, 0.1) is 5.92 Å². The molecule has 0 radical (unpaired) electrons. The Hall–Kier alpha value is -3.36. The van der Waals surface area contributed by atoms with Gasteiger partial charge in [-0.25, -0.2) is 14.8 Å². The molecule has 3 aliphatic rings. The number of rotatable bonds is 5. The Morgan fingerprint density at radius 2 is 1.97 bits per heavy atom. The van der Waals surface area contributed by atoms with Gasteiger partial charge in [-0.15, -0.1) is 0 Å². The summed E-state index contributed by atoms with van der Waals surface area (Å²) in [6.07, 6.45) is 4.33. The predicted molar refractivity (Wildman–Crippen MR) is 132 cm³/mol. The maximum atomic E-state index is 14.1. The average molecular weight is 480 g/mol. The standard InChI is InChI=1S/C26H33N5O4/c1-25(2,3)35-24(33)30-12-11-26(16-30)21-18(14-28-23(29-21)27-13-17-5-6-17)15-31(22(26)32)19-7-9-20(34-4)10-8-19/h7-10,14,17H,5-6,11-13,15-16H2,1-4H3,(H,27,28,29). The number of fused-ring (bicyclic) bond motifs is 2. The SMILES string of the molecule is COc1ccc(N2Cc3cnc(NCC4CC4)nc3C3(CCN(C(=O)OC(C)(C)C)C3)C2=O)cc1. The van der Waals surface area contributed by atoms with Crippen molar-refractivity contribution >= 4 is 23.6 Å². The molecule has 2 aliphatic heterocycles. The first-order valence-corrected chi connectivity index (χ1v) is 12.2. The number of carbonyl (C=O) groups excluding carboxylic acids is 2. The van der Waals surface area contributed by atoms with Crippen LogP contribution in [-0.2, 0) is 21.5 Å². The molecule has 35 heavy (non-hydrogen) atoms. The lowest BCUT2D eigenvalue weighted by molar-refractivity contribution is -0.124. The summed E-state index contributed by atoms with van der Waals surface area (Å²) in [4.78, 5) is 39.8. The van der Waals surface area contributed by atoms with Gasteiger partial charge in [0, 0.05) is 37.1 Å². The van der Waals surface area contributed by atoms with Crippen LogP contribution in [0.15, 0.2) is 30.5 Å². The van der Waals surface area contributed by atoms with Crippen molar-refractivity contribution in [1.29, 1.82) is 0 Å². The minimum Gasteiger partial charge on any atom is -0.497 e. The van der Waals surface area contributed by atoms with Gasteiger partial charge in [-0.2, -0.15) is 0 Å². The Morgan fingerprint density at radius 1 is 1.23 bits per heavy atom. The Morgan fingerprint density at radius 3 is 2.63 bits per heavy atom. The van der Waals surface area contributed by atoms with Crippen molar-refractivity contribution in [3.8, 4) is 5.75 Å². The molecule has 2 aromatic rings. The highest BCUT2D eigenvalue weighted by Crippen LogP contribution is 2.43. The second kappa shape index (κ2) is 8.70. The normalized spacial score (nSPS) is 21.8. The van der Waals surface area contributed by atoms with Crippen LogP contribution in [-0.4, -0.2) is 59.2 Å². The second-order valence-corrected chi connectivity index (χ2v) is 10.7. The van der Waals surface area contributed by atoms with Crippen molar-refractivity contribution in [3.05, 3.63) is 41.7 Å². The number of carbonyl (C=O) groups is 2. The average Bonchev–Trinajstić information content (AvgIpc) is 3.55. The summed E-state index contributed by atoms with van der Waals surface area (Å²) in [6, 6.07) is 7.44. The van der Waals surface area contributed by atoms with Gasteiger partial charge in [0.15, 0.2) is 0 Å². The smallest absolute Gasteiger partial charge is 0.410 e. The molecule has 3 heterocycles. The molecule has 1 aliphatic carbocycles. The summed E-state index contributed by atoms with van der Waals surface area (Å²) in [5, 5.41) is 3.33. The van der Waals surface area contributed by atoms with Crippen molar-refractivity contribution in [1.82, 2.24) is 14.9 Å². The summed E-state index contributed by atoms with van der Waals surface area (Å²) in [6.45, 7) is 7.38. The molecule has 1 saturated carbocycles. The molecule has 186 valence electrons. The molecular formula is C26H33N5O4. The Bertz CT molecular complexity index is 1130. The Kier molecular flexibility index (Phi) is 5.81. The molecule has 1 unspecified atom stereocenters. The van der Waals surface area contributed by atoms with Crippen LogP contribution in [0.2, 0.25) is 0 Å². The summed E-state index contributed by atoms with van der Waals surface area (Å²) in [5.41, 5.74) is 0.810. The van der Waals surface area contributed by atoms with Crippen molar-refractivity contribution in [3.63, 3.8) is 0 Å². The van der Waals surface area contributed by atoms with E-state index in [1.807, 2.05) is 51.2 Å². The molecule has 1 aromatic carbocycles. The predicted octanol–water partition coefficient (Wildman–Crippen LogP) is 3.73. The topological polar surface area (TPSA) is 96.9 Å². The first kappa shape index (κ1) is 23.4. The van der Waals surface area contributed by atoms with Crippen LogP contribution < -0.4 is 15.0 Å². The fraction of sp³-hybridized carbons (Fsp3) is 0.538. The van der Waals surface area contributed by atoms with Crippen molar-refractivity contribution in [2.45, 2.75) is 57.6 Å². The zero-order chi connectivity index (χ0) is 24.8. The zero-order valence-corrected chi connectivity index (χ0v) is 20.8. The third-order valence-corrected chi connectivity index (χ3v) is 6.85. The highest BCUT2D eigenvalue weighted by Gasteiger charge is 2.54. The number of ether oxygens (including phenoxy) is 2. The number of hydrogen-bond donors (Lipinski definition) is 1. The molecule has 1 N–H and O–H groups in total. The van der Waals surface area contributed by atoms with Crippen LogP contribution >= 0.6 is 0 Å². The van der Waals surface area contributed by atoms with Gasteiger partial charge in [0.2, 0.25) is 11.9 Å². The van der Waals surface area contributed by atoms with E-state index in [-0.39, 0.29) is 12.5 Å². The molecule has 5 rings (SSSR count). The van der Waals surface area contributed by atoms with Gasteiger partial charge in [-0.3, -0.25) is 4.79 Å². The van der Waals surface area contributed by atoms with E-state index >= 15 is 0 Å². The van der Waals surface area contributed by atoms with Gasteiger partial charge in [-0.05, 0) is 70.2 Å². The van der Waals surface area contributed by atoms with Crippen LogP contribution in [0.3, 0.4) is 0 Å². The first-order valence-electron chi connectivity index (χ1n) is 12.2. The van der Waals surface area contributed by atoms with E-state index in [0.717, 1.165) is 23.5 Å². The maximum Gasteiger partial charge on any atom is 0.410 e. The number of nitrogens with one attached hydrogen (secondary N) is 1. The molecule has 0 bridgehead atoms. The molecule has 2 amide bonds. The third-order valence-electron chi connectivity index (χ3n) is 6.85. The summed E-state index contributed by atoms with van der Waals surface area (Å²) in [5.74, 6) is 1.87. The first-order chi connectivity index (χ1) is 16.7. The Labute approximate surface area is 205 Å². The number of hydrogen-bond acceptors (Lipinski definition) is 7. The van der Waals surface area contributed by atoms with Gasteiger partial charge in [0.05, 0.1) is 19.3 Å². The molecule has 2 fully saturated rings. The fourth-order valence-electron chi connectivity index (χ4n) is 4.81. The number of nitrogens with zero attached hydrogens (tertiary/aromatic N) is 4. The zero-order valence-electron chi connectivity index (χ0n) is 20.8. The highest BCUT2D eigenvalue weighted by atomic mass is 16.6. The molecule has 9 heteroatoms. The van der Waals surface area contributed by atoms with E-state index < -0.39 is 17.1 Å². The molecule has 1 aromatic heterocycles. The quantitative estimate of drug-likeness (QED) is 0.698. The van der Waals surface area contributed by atoms with Gasteiger partial charge in [0.1, 0.15) is 16.8 Å². The van der Waals surface area contributed by atoms with Crippen LogP contribution in [0.1, 0.15) is 51.3 Å². The van der Waals surface area contributed by atoms with Gasteiger partial charge < -0.3 is 24.6 Å². The van der Waals surface area contributed by atoms with Crippen molar-refractivity contribution < 1.29 is 19.1 Å². The van der Waals surface area contributed by atoms with E-state index in [1.54, 1.807) is 16.9 Å². The van der Waals surface area contributed by atoms with E-state index in [0.29, 0.717) is 37.1 Å². The van der Waals surface area contributed by atoms with Crippen LogP contribution in [0.4, 0.5) is 16.4 Å². The van der Waals surface area contributed by atoms with Crippen molar-refractivity contribution in [2.75, 3.05) is 37.0 Å². The third kappa shape index (κ3) is 4.63. The fourth-order valence-corrected chi connectivity index (χ4v) is 4.81. The molecule has 1 spiro atoms. The lowest BCUT2D eigenvalue weighted by atomic mass is 9.77. The van der Waals surface area contributed by atoms with E-state index in [9.17, 15) is 9.59 Å². The minimum absolute atomic E-state index is 0.0620. The van der Waals surface area contributed by atoms with Crippen LogP contribution in [0.5, 0.6) is 5.75 Å². The number of anilines is 2. The molecule has 9 nitrogen and oxygen atoms in total. The molecule has 1 saturated heterocycles. The minimum atomic E-state index is -0.955. The maximum absolute atomic E-state index is 14.1. The number of aromatic nitrogens is 2. The summed E-state index contributed by atoms with van der Waals surface area (Å²) >= 11 is 0. The highest BCUT2D eigenvalue weighted by molar-refractivity contribution is 6.03. The Balaban J connectivity index is 1.50. The second-order valence-electron chi connectivity index (χ2n) is 10.7. The van der Waals surface area contributed by atoms with Gasteiger partial charge >= 0.3 is 6.09 Å². The van der Waals surface area contributed by atoms with E-state index in [2.05, 4.69) is 10.3 Å². The van der Waals surface area contributed by atoms with E-state index in [1.165, 1.54) is 12.8 Å². The summed E-state index contributed by atoms with van der Waals surface area (Å²) in [7, 11) is 1.61. The van der Waals surface area contributed by atoms with E-state index in [4.69, 9.17) is 14.5 Å². The lowest BCUT2D eigenvalue weighted by Gasteiger charge is -2.40.